The van der Waals surface area contributed by atoms with Crippen molar-refractivity contribution in [2.75, 3.05) is 32.5 Å². The summed E-state index contributed by atoms with van der Waals surface area (Å²) in [5.74, 6) is 0.0509. The molecule has 0 bridgehead atoms. The fraction of sp³-hybridized carbons (Fsp3) is 0.364. The van der Waals surface area contributed by atoms with Gasteiger partial charge >= 0.3 is 0 Å². The summed E-state index contributed by atoms with van der Waals surface area (Å²) >= 11 is 0. The van der Waals surface area contributed by atoms with E-state index in [4.69, 9.17) is 0 Å². The standard InChI is InChI=1S/C22H28N4O2/c1-14-16(9-10-21(27)26(4)12-11-23-3)15(2)24-20(14)13-18-17-7-5-6-8-19(17)25-22(18)28/h5-8,13,23-24H,9-12H2,1-4H3,(H,25,28). The first-order valence-electron chi connectivity index (χ1n) is 9.61. The van der Waals surface area contributed by atoms with Gasteiger partial charge in [0, 0.05) is 49.2 Å². The molecule has 148 valence electrons. The SMILES string of the molecule is CNCCN(C)C(=O)CCc1c(C)[nH]c(C=C2C(=O)Nc3ccccc32)c1C. The number of aromatic amines is 1. The number of carbonyl (C=O) groups is 2. The zero-order valence-electron chi connectivity index (χ0n) is 17.0. The molecule has 1 aliphatic heterocycles. The van der Waals surface area contributed by atoms with Crippen molar-refractivity contribution in [1.29, 1.82) is 0 Å². The molecule has 2 amide bonds. The molecule has 0 spiro atoms. The lowest BCUT2D eigenvalue weighted by atomic mass is 10.0. The molecule has 0 aliphatic carbocycles. The number of hydrogen-bond acceptors (Lipinski definition) is 3. The van der Waals surface area contributed by atoms with Crippen LogP contribution in [0.2, 0.25) is 0 Å². The van der Waals surface area contributed by atoms with Crippen LogP contribution in [-0.4, -0.2) is 48.9 Å². The molecule has 1 aromatic carbocycles. The van der Waals surface area contributed by atoms with Crippen molar-refractivity contribution in [1.82, 2.24) is 15.2 Å². The summed E-state index contributed by atoms with van der Waals surface area (Å²) in [5, 5.41) is 5.96. The van der Waals surface area contributed by atoms with Crippen LogP contribution in [0.3, 0.4) is 0 Å². The van der Waals surface area contributed by atoms with Gasteiger partial charge in [-0.3, -0.25) is 9.59 Å². The smallest absolute Gasteiger partial charge is 0.256 e. The van der Waals surface area contributed by atoms with Crippen LogP contribution >= 0.6 is 0 Å². The van der Waals surface area contributed by atoms with E-state index in [9.17, 15) is 9.59 Å². The van der Waals surface area contributed by atoms with Gasteiger partial charge in [0.15, 0.2) is 0 Å². The lowest BCUT2D eigenvalue weighted by Gasteiger charge is -2.16. The molecule has 3 N–H and O–H groups in total. The number of likely N-dealkylation sites (N-methyl/N-ethyl adjacent to an activating group) is 2. The Morgan fingerprint density at radius 3 is 2.75 bits per heavy atom. The second-order valence-electron chi connectivity index (χ2n) is 7.24. The molecule has 2 heterocycles. The summed E-state index contributed by atoms with van der Waals surface area (Å²) in [4.78, 5) is 29.8. The van der Waals surface area contributed by atoms with Gasteiger partial charge in [-0.2, -0.15) is 0 Å². The molecule has 1 aromatic heterocycles. The third-order valence-electron chi connectivity index (χ3n) is 5.34. The average molecular weight is 380 g/mol. The number of nitrogens with one attached hydrogen (secondary N) is 3. The normalized spacial score (nSPS) is 14.3. The van der Waals surface area contributed by atoms with E-state index in [-0.39, 0.29) is 11.8 Å². The lowest BCUT2D eigenvalue weighted by Crippen LogP contribution is -2.32. The van der Waals surface area contributed by atoms with Gasteiger partial charge in [-0.15, -0.1) is 0 Å². The molecule has 0 fully saturated rings. The van der Waals surface area contributed by atoms with E-state index in [0.29, 0.717) is 25.0 Å². The molecule has 0 radical (unpaired) electrons. The van der Waals surface area contributed by atoms with Gasteiger partial charge in [0.1, 0.15) is 0 Å². The van der Waals surface area contributed by atoms with Crippen molar-refractivity contribution >= 4 is 29.2 Å². The van der Waals surface area contributed by atoms with Crippen molar-refractivity contribution in [3.8, 4) is 0 Å². The summed E-state index contributed by atoms with van der Waals surface area (Å²) in [6.07, 6.45) is 3.07. The van der Waals surface area contributed by atoms with Crippen molar-refractivity contribution in [3.63, 3.8) is 0 Å². The molecule has 0 unspecified atom stereocenters. The van der Waals surface area contributed by atoms with Gasteiger partial charge in [-0.25, -0.2) is 0 Å². The number of carbonyl (C=O) groups excluding carboxylic acids is 2. The van der Waals surface area contributed by atoms with E-state index in [1.807, 2.05) is 58.3 Å². The Morgan fingerprint density at radius 1 is 1.25 bits per heavy atom. The number of fused-ring (bicyclic) bond motifs is 1. The Kier molecular flexibility index (Phi) is 5.99. The van der Waals surface area contributed by atoms with Crippen LogP contribution < -0.4 is 10.6 Å². The van der Waals surface area contributed by atoms with Gasteiger partial charge in [-0.05, 0) is 50.6 Å². The Hall–Kier alpha value is -2.86. The predicted molar refractivity (Wildman–Crippen MR) is 113 cm³/mol. The third-order valence-corrected chi connectivity index (χ3v) is 5.34. The summed E-state index contributed by atoms with van der Waals surface area (Å²) < 4.78 is 0. The van der Waals surface area contributed by atoms with Gasteiger partial charge in [0.05, 0.1) is 5.57 Å². The molecular formula is C22H28N4O2. The van der Waals surface area contributed by atoms with Crippen LogP contribution in [0.5, 0.6) is 0 Å². The summed E-state index contributed by atoms with van der Waals surface area (Å²) in [7, 11) is 3.71. The Bertz CT molecular complexity index is 927. The Balaban J connectivity index is 1.78. The molecule has 2 aromatic rings. The largest absolute Gasteiger partial charge is 0.359 e. The maximum Gasteiger partial charge on any atom is 0.256 e. The number of H-pyrrole nitrogens is 1. The number of nitrogens with zero attached hydrogens (tertiary/aromatic N) is 1. The summed E-state index contributed by atoms with van der Waals surface area (Å²) in [6, 6.07) is 7.70. The van der Waals surface area contributed by atoms with E-state index in [2.05, 4.69) is 15.6 Å². The van der Waals surface area contributed by atoms with Crippen molar-refractivity contribution in [3.05, 3.63) is 52.3 Å². The highest BCUT2D eigenvalue weighted by molar-refractivity contribution is 6.34. The first kappa shape index (κ1) is 19.9. The highest BCUT2D eigenvalue weighted by Gasteiger charge is 2.24. The minimum Gasteiger partial charge on any atom is -0.359 e. The number of para-hydroxylation sites is 1. The van der Waals surface area contributed by atoms with Crippen LogP contribution in [-0.2, 0) is 16.0 Å². The van der Waals surface area contributed by atoms with Crippen LogP contribution in [0.15, 0.2) is 24.3 Å². The van der Waals surface area contributed by atoms with Crippen LogP contribution in [0.25, 0.3) is 11.6 Å². The zero-order chi connectivity index (χ0) is 20.3. The molecule has 0 saturated carbocycles. The molecule has 0 atom stereocenters. The molecule has 3 rings (SSSR count). The number of hydrogen-bond donors (Lipinski definition) is 3. The number of aryl methyl sites for hydroxylation is 1. The van der Waals surface area contributed by atoms with Gasteiger partial charge in [0.2, 0.25) is 5.91 Å². The van der Waals surface area contributed by atoms with Gasteiger partial charge in [-0.1, -0.05) is 18.2 Å². The van der Waals surface area contributed by atoms with E-state index in [0.717, 1.165) is 40.3 Å². The van der Waals surface area contributed by atoms with E-state index >= 15 is 0 Å². The fourth-order valence-electron chi connectivity index (χ4n) is 3.59. The molecule has 1 aliphatic rings. The molecule has 28 heavy (non-hydrogen) atoms. The number of rotatable bonds is 7. The topological polar surface area (TPSA) is 77.2 Å². The third kappa shape index (κ3) is 4.02. The van der Waals surface area contributed by atoms with Crippen LogP contribution in [0.4, 0.5) is 5.69 Å². The van der Waals surface area contributed by atoms with Crippen molar-refractivity contribution in [2.45, 2.75) is 26.7 Å². The quantitative estimate of drug-likeness (QED) is 0.647. The van der Waals surface area contributed by atoms with Crippen molar-refractivity contribution < 1.29 is 9.59 Å². The molecule has 6 heteroatoms. The molecular weight excluding hydrogens is 352 g/mol. The number of benzene rings is 1. The first-order chi connectivity index (χ1) is 13.4. The highest BCUT2D eigenvalue weighted by Crippen LogP contribution is 2.33. The van der Waals surface area contributed by atoms with E-state index in [1.54, 1.807) is 4.90 Å². The van der Waals surface area contributed by atoms with Crippen LogP contribution in [0, 0.1) is 13.8 Å². The number of anilines is 1. The van der Waals surface area contributed by atoms with E-state index in [1.165, 1.54) is 0 Å². The number of amides is 2. The highest BCUT2D eigenvalue weighted by atomic mass is 16.2. The zero-order valence-corrected chi connectivity index (χ0v) is 17.0. The predicted octanol–water partition coefficient (Wildman–Crippen LogP) is 2.73. The minimum absolute atomic E-state index is 0.0873. The fourth-order valence-corrected chi connectivity index (χ4v) is 3.59. The van der Waals surface area contributed by atoms with Gasteiger partial charge in [0.25, 0.3) is 5.91 Å². The van der Waals surface area contributed by atoms with Crippen LogP contribution in [0.1, 0.15) is 34.5 Å². The maximum absolute atomic E-state index is 12.4. The lowest BCUT2D eigenvalue weighted by molar-refractivity contribution is -0.129. The van der Waals surface area contributed by atoms with Gasteiger partial charge < -0.3 is 20.5 Å². The second-order valence-corrected chi connectivity index (χ2v) is 7.24. The Labute approximate surface area is 166 Å². The number of aromatic nitrogens is 1. The monoisotopic (exact) mass is 380 g/mol. The first-order valence-corrected chi connectivity index (χ1v) is 9.61. The average Bonchev–Trinajstić information content (AvgIpc) is 3.14. The second kappa shape index (κ2) is 8.44. The molecule has 6 nitrogen and oxygen atoms in total. The van der Waals surface area contributed by atoms with Crippen molar-refractivity contribution in [2.24, 2.45) is 0 Å². The van der Waals surface area contributed by atoms with E-state index < -0.39 is 0 Å². The minimum atomic E-state index is -0.0873. The Morgan fingerprint density at radius 2 is 2.00 bits per heavy atom. The maximum atomic E-state index is 12.4. The molecule has 0 saturated heterocycles. The summed E-state index contributed by atoms with van der Waals surface area (Å²) in [6.45, 7) is 5.54. The summed E-state index contributed by atoms with van der Waals surface area (Å²) in [5.41, 5.74) is 6.63.